The smallest absolute Gasteiger partial charge is 0.326 e. The molecule has 0 fully saturated rings. The molecule has 0 radical (unpaired) electrons. The zero-order valence-electron chi connectivity index (χ0n) is 7.85. The quantitative estimate of drug-likeness (QED) is 0.790. The average Bonchev–Trinajstić information content (AvgIpc) is 2.27. The van der Waals surface area contributed by atoms with E-state index < -0.39 is 11.3 Å². The van der Waals surface area contributed by atoms with Crippen molar-refractivity contribution < 1.29 is 9.90 Å². The molecule has 0 aliphatic carbocycles. The van der Waals surface area contributed by atoms with Gasteiger partial charge in [-0.3, -0.25) is 4.79 Å². The summed E-state index contributed by atoms with van der Waals surface area (Å²) in [5.41, 5.74) is 0.641. The summed E-state index contributed by atoms with van der Waals surface area (Å²) in [7, 11) is 0. The van der Waals surface area contributed by atoms with Crippen LogP contribution < -0.4 is 0 Å². The number of aliphatic carboxylic acids is 1. The van der Waals surface area contributed by atoms with Crippen LogP contribution in [-0.2, 0) is 4.79 Å². The topological polar surface area (TPSA) is 37.3 Å². The molecule has 76 valence electrons. The van der Waals surface area contributed by atoms with E-state index in [0.717, 1.165) is 10.8 Å². The first kappa shape index (κ1) is 9.99. The van der Waals surface area contributed by atoms with Gasteiger partial charge in [0.15, 0.2) is 5.38 Å². The van der Waals surface area contributed by atoms with Gasteiger partial charge in [0.2, 0.25) is 0 Å². The molecule has 15 heavy (non-hydrogen) atoms. The van der Waals surface area contributed by atoms with Crippen molar-refractivity contribution in [2.45, 2.75) is 5.38 Å². The Balaban J connectivity index is 2.65. The summed E-state index contributed by atoms with van der Waals surface area (Å²) < 4.78 is 0. The van der Waals surface area contributed by atoms with Gasteiger partial charge in [0.05, 0.1) is 0 Å². The maximum Gasteiger partial charge on any atom is 0.326 e. The summed E-state index contributed by atoms with van der Waals surface area (Å²) in [5.74, 6) is -1.02. The first-order valence-corrected chi connectivity index (χ1v) is 4.98. The van der Waals surface area contributed by atoms with E-state index in [9.17, 15) is 4.79 Å². The largest absolute Gasteiger partial charge is 0.480 e. The Morgan fingerprint density at radius 2 is 1.80 bits per heavy atom. The maximum atomic E-state index is 10.8. The third-order valence-corrected chi connectivity index (χ3v) is 2.74. The van der Waals surface area contributed by atoms with Crippen LogP contribution in [-0.4, -0.2) is 11.1 Å². The number of rotatable bonds is 2. The first-order valence-electron chi connectivity index (χ1n) is 4.54. The van der Waals surface area contributed by atoms with Crippen LogP contribution in [0.5, 0.6) is 0 Å². The summed E-state index contributed by atoms with van der Waals surface area (Å²) in [5, 5.41) is 9.77. The normalized spacial score (nSPS) is 12.6. The van der Waals surface area contributed by atoms with Crippen molar-refractivity contribution in [1.82, 2.24) is 0 Å². The Labute approximate surface area is 92.1 Å². The van der Waals surface area contributed by atoms with Crippen LogP contribution >= 0.6 is 11.6 Å². The van der Waals surface area contributed by atoms with Gasteiger partial charge in [-0.15, -0.1) is 11.6 Å². The molecule has 0 bridgehead atoms. The van der Waals surface area contributed by atoms with Gasteiger partial charge >= 0.3 is 5.97 Å². The molecule has 2 aromatic rings. The monoisotopic (exact) mass is 220 g/mol. The van der Waals surface area contributed by atoms with E-state index in [2.05, 4.69) is 0 Å². The Kier molecular flexibility index (Phi) is 2.60. The van der Waals surface area contributed by atoms with E-state index in [-0.39, 0.29) is 0 Å². The minimum absolute atomic E-state index is 0.641. The van der Waals surface area contributed by atoms with Crippen molar-refractivity contribution >= 4 is 28.3 Å². The highest BCUT2D eigenvalue weighted by atomic mass is 35.5. The third kappa shape index (κ3) is 1.81. The molecule has 0 heterocycles. The van der Waals surface area contributed by atoms with Crippen LogP contribution in [0.4, 0.5) is 0 Å². The third-order valence-electron chi connectivity index (χ3n) is 2.31. The molecule has 0 spiro atoms. The van der Waals surface area contributed by atoms with Gasteiger partial charge in [0.25, 0.3) is 0 Å². The van der Waals surface area contributed by atoms with E-state index in [1.807, 2.05) is 36.4 Å². The summed E-state index contributed by atoms with van der Waals surface area (Å²) in [4.78, 5) is 10.8. The summed E-state index contributed by atoms with van der Waals surface area (Å²) in [6.07, 6.45) is 0. The molecule has 0 aromatic heterocycles. The van der Waals surface area contributed by atoms with E-state index in [1.54, 1.807) is 6.07 Å². The number of hydrogen-bond donors (Lipinski definition) is 1. The van der Waals surface area contributed by atoms with E-state index in [1.165, 1.54) is 0 Å². The van der Waals surface area contributed by atoms with Crippen molar-refractivity contribution in [3.63, 3.8) is 0 Å². The maximum absolute atomic E-state index is 10.8. The standard InChI is InChI=1S/C12H9ClO2/c13-11(12(14)15)10-7-3-5-8-4-1-2-6-9(8)10/h1-7,11H,(H,14,15). The van der Waals surface area contributed by atoms with Gasteiger partial charge in [-0.25, -0.2) is 0 Å². The van der Waals surface area contributed by atoms with Gasteiger partial charge in [0, 0.05) is 0 Å². The number of halogens is 1. The number of fused-ring (bicyclic) bond motifs is 1. The summed E-state index contributed by atoms with van der Waals surface area (Å²) in [6, 6.07) is 13.1. The molecule has 1 unspecified atom stereocenters. The molecular formula is C12H9ClO2. The van der Waals surface area contributed by atoms with Crippen LogP contribution in [0.2, 0.25) is 0 Å². The second-order valence-electron chi connectivity index (χ2n) is 3.27. The Morgan fingerprint density at radius 1 is 1.13 bits per heavy atom. The van der Waals surface area contributed by atoms with Gasteiger partial charge in [-0.1, -0.05) is 42.5 Å². The Bertz CT molecular complexity index is 502. The van der Waals surface area contributed by atoms with Crippen LogP contribution in [0.15, 0.2) is 42.5 Å². The zero-order chi connectivity index (χ0) is 10.8. The molecule has 0 aliphatic heterocycles. The fourth-order valence-corrected chi connectivity index (χ4v) is 1.79. The van der Waals surface area contributed by atoms with E-state index >= 15 is 0 Å². The number of carboxylic acids is 1. The highest BCUT2D eigenvalue weighted by Gasteiger charge is 2.17. The van der Waals surface area contributed by atoms with E-state index in [4.69, 9.17) is 16.7 Å². The molecule has 3 heteroatoms. The predicted molar refractivity (Wildman–Crippen MR) is 60.2 cm³/mol. The first-order chi connectivity index (χ1) is 7.20. The lowest BCUT2D eigenvalue weighted by molar-refractivity contribution is -0.136. The van der Waals surface area contributed by atoms with Crippen molar-refractivity contribution in [2.75, 3.05) is 0 Å². The lowest BCUT2D eigenvalue weighted by Crippen LogP contribution is -2.05. The van der Waals surface area contributed by atoms with E-state index in [0.29, 0.717) is 5.56 Å². The Hall–Kier alpha value is -1.54. The van der Waals surface area contributed by atoms with Crippen molar-refractivity contribution in [3.05, 3.63) is 48.0 Å². The van der Waals surface area contributed by atoms with Crippen LogP contribution in [0, 0.1) is 0 Å². The molecule has 2 aromatic carbocycles. The fourth-order valence-electron chi connectivity index (χ4n) is 1.60. The summed E-state index contributed by atoms with van der Waals surface area (Å²) in [6.45, 7) is 0. The molecule has 0 saturated heterocycles. The number of hydrogen-bond acceptors (Lipinski definition) is 1. The number of carbonyl (C=O) groups is 1. The van der Waals surface area contributed by atoms with Crippen molar-refractivity contribution in [3.8, 4) is 0 Å². The molecular weight excluding hydrogens is 212 g/mol. The number of benzene rings is 2. The van der Waals surface area contributed by atoms with Crippen LogP contribution in [0.25, 0.3) is 10.8 Å². The van der Waals surface area contributed by atoms with Crippen molar-refractivity contribution in [2.24, 2.45) is 0 Å². The molecule has 2 nitrogen and oxygen atoms in total. The summed E-state index contributed by atoms with van der Waals surface area (Å²) >= 11 is 5.82. The second-order valence-corrected chi connectivity index (χ2v) is 3.71. The van der Waals surface area contributed by atoms with Gasteiger partial charge in [0.1, 0.15) is 0 Å². The number of carboxylic acid groups (broad SMARTS) is 1. The SMILES string of the molecule is O=C(O)C(Cl)c1cccc2ccccc12. The van der Waals surface area contributed by atoms with Gasteiger partial charge in [-0.2, -0.15) is 0 Å². The second kappa shape index (κ2) is 3.91. The van der Waals surface area contributed by atoms with Crippen LogP contribution in [0.3, 0.4) is 0 Å². The fraction of sp³-hybridized carbons (Fsp3) is 0.0833. The van der Waals surface area contributed by atoms with Gasteiger partial charge in [-0.05, 0) is 16.3 Å². The molecule has 0 amide bonds. The highest BCUT2D eigenvalue weighted by Crippen LogP contribution is 2.28. The molecule has 1 atom stereocenters. The van der Waals surface area contributed by atoms with Crippen molar-refractivity contribution in [1.29, 1.82) is 0 Å². The minimum Gasteiger partial charge on any atom is -0.480 e. The van der Waals surface area contributed by atoms with Crippen LogP contribution in [0.1, 0.15) is 10.9 Å². The zero-order valence-corrected chi connectivity index (χ0v) is 8.61. The minimum atomic E-state index is -1.02. The molecule has 1 N–H and O–H groups in total. The number of alkyl halides is 1. The highest BCUT2D eigenvalue weighted by molar-refractivity contribution is 6.30. The molecule has 0 aliphatic rings. The Morgan fingerprint density at radius 3 is 2.53 bits per heavy atom. The molecule has 0 saturated carbocycles. The average molecular weight is 221 g/mol. The lowest BCUT2D eigenvalue weighted by Gasteiger charge is -2.08. The van der Waals surface area contributed by atoms with Gasteiger partial charge < -0.3 is 5.11 Å². The lowest BCUT2D eigenvalue weighted by atomic mass is 10.0. The molecule has 2 rings (SSSR count). The predicted octanol–water partition coefficient (Wildman–Crippen LogP) is 3.20.